The fourth-order valence-electron chi connectivity index (χ4n) is 2.54. The van der Waals surface area contributed by atoms with Gasteiger partial charge in [0.1, 0.15) is 5.82 Å². The molecule has 0 bridgehead atoms. The van der Waals surface area contributed by atoms with Gasteiger partial charge in [-0.05, 0) is 37.0 Å². The molecule has 2 aliphatic rings. The summed E-state index contributed by atoms with van der Waals surface area (Å²) in [6.07, 6.45) is 3.35. The molecule has 1 saturated carbocycles. The first kappa shape index (κ1) is 11.4. The van der Waals surface area contributed by atoms with Gasteiger partial charge in [-0.1, -0.05) is 12.8 Å². The molecule has 1 aliphatic carbocycles. The first-order valence-corrected chi connectivity index (χ1v) is 6.24. The van der Waals surface area contributed by atoms with E-state index in [2.05, 4.69) is 0 Å². The molecule has 1 heterocycles. The van der Waals surface area contributed by atoms with Gasteiger partial charge in [0.05, 0.1) is 11.3 Å². The predicted molar refractivity (Wildman–Crippen MR) is 65.2 cm³/mol. The van der Waals surface area contributed by atoms with Crippen molar-refractivity contribution in [3.63, 3.8) is 0 Å². The predicted octanol–water partition coefficient (Wildman–Crippen LogP) is 2.46. The summed E-state index contributed by atoms with van der Waals surface area (Å²) in [5.74, 6) is -0.864. The van der Waals surface area contributed by atoms with Crippen LogP contribution in [0.5, 0.6) is 0 Å². The third kappa shape index (κ3) is 1.72. The zero-order valence-corrected chi connectivity index (χ0v) is 10.2. The van der Waals surface area contributed by atoms with E-state index in [4.69, 9.17) is 0 Å². The van der Waals surface area contributed by atoms with Gasteiger partial charge >= 0.3 is 0 Å². The number of amides is 1. The molecule has 1 aromatic rings. The van der Waals surface area contributed by atoms with Gasteiger partial charge in [0.25, 0.3) is 11.7 Å². The summed E-state index contributed by atoms with van der Waals surface area (Å²) >= 11 is 0. The lowest BCUT2D eigenvalue weighted by Crippen LogP contribution is -2.31. The molecule has 1 aliphatic heterocycles. The summed E-state index contributed by atoms with van der Waals surface area (Å²) in [4.78, 5) is 25.2. The lowest BCUT2D eigenvalue weighted by molar-refractivity contribution is -0.114. The Hall–Kier alpha value is -1.71. The van der Waals surface area contributed by atoms with Crippen molar-refractivity contribution in [1.82, 2.24) is 0 Å². The number of aryl methyl sites for hydroxylation is 1. The van der Waals surface area contributed by atoms with Crippen LogP contribution in [0.1, 0.15) is 35.2 Å². The summed E-state index contributed by atoms with van der Waals surface area (Å²) in [7, 11) is 0. The molecule has 0 N–H and O–H groups in total. The van der Waals surface area contributed by atoms with Crippen molar-refractivity contribution in [1.29, 1.82) is 0 Å². The number of hydrogen-bond donors (Lipinski definition) is 0. The van der Waals surface area contributed by atoms with Crippen molar-refractivity contribution in [3.8, 4) is 0 Å². The standard InChI is InChI=1S/C14H14FNO2/c1-8-6-10(15)7-11-12(8)16(14(18)13(11)17)5-4-9-2-3-9/h6-7,9H,2-5H2,1H3. The van der Waals surface area contributed by atoms with Gasteiger partial charge in [0.15, 0.2) is 0 Å². The Morgan fingerprint density at radius 3 is 2.72 bits per heavy atom. The van der Waals surface area contributed by atoms with Crippen LogP contribution >= 0.6 is 0 Å². The topological polar surface area (TPSA) is 37.4 Å². The minimum Gasteiger partial charge on any atom is -0.304 e. The van der Waals surface area contributed by atoms with E-state index < -0.39 is 17.5 Å². The summed E-state index contributed by atoms with van der Waals surface area (Å²) in [6.45, 7) is 2.30. The van der Waals surface area contributed by atoms with Gasteiger partial charge in [-0.2, -0.15) is 0 Å². The van der Waals surface area contributed by atoms with Gasteiger partial charge in [0, 0.05) is 6.54 Å². The molecule has 0 radical (unpaired) electrons. The Morgan fingerprint density at radius 2 is 2.06 bits per heavy atom. The summed E-state index contributed by atoms with van der Waals surface area (Å²) in [5, 5.41) is 0. The SMILES string of the molecule is Cc1cc(F)cc2c1N(CCC1CC1)C(=O)C2=O. The molecule has 18 heavy (non-hydrogen) atoms. The third-order valence-corrected chi connectivity index (χ3v) is 3.68. The molecule has 0 unspecified atom stereocenters. The van der Waals surface area contributed by atoms with Crippen molar-refractivity contribution in [2.45, 2.75) is 26.2 Å². The van der Waals surface area contributed by atoms with E-state index in [9.17, 15) is 14.0 Å². The van der Waals surface area contributed by atoms with Gasteiger partial charge in [-0.25, -0.2) is 4.39 Å². The van der Waals surface area contributed by atoms with E-state index in [1.54, 1.807) is 6.92 Å². The highest BCUT2D eigenvalue weighted by Gasteiger charge is 2.38. The summed E-state index contributed by atoms with van der Waals surface area (Å²) in [6, 6.07) is 2.54. The zero-order valence-electron chi connectivity index (χ0n) is 10.2. The Morgan fingerprint density at radius 1 is 1.33 bits per heavy atom. The van der Waals surface area contributed by atoms with Crippen molar-refractivity contribution >= 4 is 17.4 Å². The maximum atomic E-state index is 13.3. The summed E-state index contributed by atoms with van der Waals surface area (Å²) in [5.41, 5.74) is 1.47. The van der Waals surface area contributed by atoms with Crippen LogP contribution in [-0.2, 0) is 4.79 Å². The van der Waals surface area contributed by atoms with Crippen LogP contribution in [0.25, 0.3) is 0 Å². The van der Waals surface area contributed by atoms with Gasteiger partial charge in [-0.3, -0.25) is 9.59 Å². The minimum atomic E-state index is -0.580. The second kappa shape index (κ2) is 3.90. The highest BCUT2D eigenvalue weighted by atomic mass is 19.1. The number of ketones is 1. The van der Waals surface area contributed by atoms with E-state index in [0.29, 0.717) is 23.7 Å². The number of anilines is 1. The van der Waals surface area contributed by atoms with Crippen LogP contribution in [0, 0.1) is 18.7 Å². The number of halogens is 1. The van der Waals surface area contributed by atoms with Crippen LogP contribution in [0.4, 0.5) is 10.1 Å². The maximum Gasteiger partial charge on any atom is 0.299 e. The normalized spacial score (nSPS) is 18.4. The van der Waals surface area contributed by atoms with E-state index in [0.717, 1.165) is 6.42 Å². The molecular formula is C14H14FNO2. The Labute approximate surface area is 105 Å². The molecule has 0 aromatic heterocycles. The Balaban J connectivity index is 1.97. The average molecular weight is 247 g/mol. The van der Waals surface area contributed by atoms with Crippen LogP contribution in [0.3, 0.4) is 0 Å². The lowest BCUT2D eigenvalue weighted by Gasteiger charge is -2.18. The van der Waals surface area contributed by atoms with E-state index in [1.165, 1.54) is 29.9 Å². The number of benzene rings is 1. The van der Waals surface area contributed by atoms with E-state index in [1.807, 2.05) is 0 Å². The first-order valence-electron chi connectivity index (χ1n) is 6.24. The fraction of sp³-hybridized carbons (Fsp3) is 0.429. The number of hydrogen-bond acceptors (Lipinski definition) is 2. The molecule has 1 fully saturated rings. The Bertz CT molecular complexity index is 549. The maximum absolute atomic E-state index is 13.3. The van der Waals surface area contributed by atoms with Crippen LogP contribution in [0.2, 0.25) is 0 Å². The summed E-state index contributed by atoms with van der Waals surface area (Å²) < 4.78 is 13.3. The number of carbonyl (C=O) groups excluding carboxylic acids is 2. The molecule has 1 amide bonds. The van der Waals surface area contributed by atoms with Gasteiger partial charge in [-0.15, -0.1) is 0 Å². The molecule has 1 aromatic carbocycles. The molecule has 0 spiro atoms. The Kier molecular flexibility index (Phi) is 2.47. The number of fused-ring (bicyclic) bond motifs is 1. The third-order valence-electron chi connectivity index (χ3n) is 3.68. The van der Waals surface area contributed by atoms with E-state index in [-0.39, 0.29) is 5.56 Å². The molecule has 0 atom stereocenters. The molecule has 0 saturated heterocycles. The second-order valence-electron chi connectivity index (χ2n) is 5.14. The minimum absolute atomic E-state index is 0.216. The number of Topliss-reactive ketones (excluding diaryl/α,β-unsaturated/α-hetero) is 1. The lowest BCUT2D eigenvalue weighted by atomic mass is 10.1. The van der Waals surface area contributed by atoms with Crippen molar-refractivity contribution < 1.29 is 14.0 Å². The van der Waals surface area contributed by atoms with Crippen molar-refractivity contribution in [2.24, 2.45) is 5.92 Å². The second-order valence-corrected chi connectivity index (χ2v) is 5.14. The smallest absolute Gasteiger partial charge is 0.299 e. The van der Waals surface area contributed by atoms with Crippen LogP contribution in [0.15, 0.2) is 12.1 Å². The zero-order chi connectivity index (χ0) is 12.9. The number of rotatable bonds is 3. The van der Waals surface area contributed by atoms with Gasteiger partial charge < -0.3 is 4.90 Å². The monoisotopic (exact) mass is 247 g/mol. The van der Waals surface area contributed by atoms with Crippen LogP contribution in [-0.4, -0.2) is 18.2 Å². The molecule has 94 valence electrons. The van der Waals surface area contributed by atoms with Crippen LogP contribution < -0.4 is 4.90 Å². The molecule has 3 nitrogen and oxygen atoms in total. The number of carbonyl (C=O) groups is 2. The average Bonchev–Trinajstić information content (AvgIpc) is 3.10. The van der Waals surface area contributed by atoms with Crippen molar-refractivity contribution in [2.75, 3.05) is 11.4 Å². The molecule has 4 heteroatoms. The molecular weight excluding hydrogens is 233 g/mol. The van der Waals surface area contributed by atoms with Crippen molar-refractivity contribution in [3.05, 3.63) is 29.1 Å². The first-order chi connectivity index (χ1) is 8.58. The highest BCUT2D eigenvalue weighted by molar-refractivity contribution is 6.52. The number of nitrogens with zero attached hydrogens (tertiary/aromatic N) is 1. The van der Waals surface area contributed by atoms with E-state index >= 15 is 0 Å². The highest BCUT2D eigenvalue weighted by Crippen LogP contribution is 2.36. The quantitative estimate of drug-likeness (QED) is 0.769. The molecule has 3 rings (SSSR count). The fourth-order valence-corrected chi connectivity index (χ4v) is 2.54. The van der Waals surface area contributed by atoms with Gasteiger partial charge in [0.2, 0.25) is 0 Å². The largest absolute Gasteiger partial charge is 0.304 e.